The highest BCUT2D eigenvalue weighted by Gasteiger charge is 2.34. The molecular formula is C18H21ClO2. The lowest BCUT2D eigenvalue weighted by Gasteiger charge is -2.31. The first kappa shape index (κ1) is 15.9. The Morgan fingerprint density at radius 2 is 1.76 bits per heavy atom. The molecule has 0 amide bonds. The van der Waals surface area contributed by atoms with E-state index in [1.54, 1.807) is 7.11 Å². The molecule has 3 heteroatoms. The number of methoxy groups -OCH3 is 1. The van der Waals surface area contributed by atoms with E-state index in [0.29, 0.717) is 12.3 Å². The third-order valence-electron chi connectivity index (χ3n) is 4.03. The molecule has 0 radical (unpaired) electrons. The van der Waals surface area contributed by atoms with E-state index in [0.717, 1.165) is 28.0 Å². The van der Waals surface area contributed by atoms with E-state index in [1.807, 2.05) is 56.3 Å². The number of hydrogen-bond donors (Lipinski definition) is 1. The van der Waals surface area contributed by atoms with Crippen molar-refractivity contribution in [3.63, 3.8) is 0 Å². The first-order valence-corrected chi connectivity index (χ1v) is 7.56. The average Bonchev–Trinajstić information content (AvgIpc) is 2.50. The molecule has 0 aromatic heterocycles. The van der Waals surface area contributed by atoms with Crippen molar-refractivity contribution in [2.75, 3.05) is 13.0 Å². The molecule has 1 unspecified atom stereocenters. The first-order chi connectivity index (χ1) is 10.0. The van der Waals surface area contributed by atoms with Crippen LogP contribution in [-0.4, -0.2) is 18.1 Å². The molecule has 0 aliphatic heterocycles. The van der Waals surface area contributed by atoms with Crippen molar-refractivity contribution in [2.24, 2.45) is 0 Å². The summed E-state index contributed by atoms with van der Waals surface area (Å²) in [5.41, 5.74) is 2.62. The minimum absolute atomic E-state index is 0.363. The van der Waals surface area contributed by atoms with Crippen LogP contribution in [0.25, 0.3) is 0 Å². The van der Waals surface area contributed by atoms with Gasteiger partial charge in [-0.05, 0) is 37.0 Å². The molecule has 0 saturated heterocycles. The second-order valence-corrected chi connectivity index (χ2v) is 5.63. The van der Waals surface area contributed by atoms with Gasteiger partial charge in [-0.3, -0.25) is 0 Å². The standard InChI is InChI=1S/C18H21ClO2/c1-13-9-10-16(17(21-3)14(13)2)18(20,11-12-19)15-7-5-4-6-8-15/h4-10,20H,11-12H2,1-3H3. The van der Waals surface area contributed by atoms with Crippen LogP contribution in [0.4, 0.5) is 0 Å². The smallest absolute Gasteiger partial charge is 0.128 e. The van der Waals surface area contributed by atoms with Crippen LogP contribution in [0.1, 0.15) is 28.7 Å². The van der Waals surface area contributed by atoms with E-state index in [-0.39, 0.29) is 0 Å². The van der Waals surface area contributed by atoms with E-state index < -0.39 is 5.60 Å². The van der Waals surface area contributed by atoms with Crippen molar-refractivity contribution in [3.05, 3.63) is 64.7 Å². The van der Waals surface area contributed by atoms with Gasteiger partial charge in [0.05, 0.1) is 7.11 Å². The van der Waals surface area contributed by atoms with Gasteiger partial charge in [0, 0.05) is 11.4 Å². The topological polar surface area (TPSA) is 29.5 Å². The van der Waals surface area contributed by atoms with Crippen LogP contribution in [0, 0.1) is 13.8 Å². The molecule has 21 heavy (non-hydrogen) atoms. The molecule has 2 aromatic carbocycles. The Hall–Kier alpha value is -1.51. The van der Waals surface area contributed by atoms with Gasteiger partial charge < -0.3 is 9.84 Å². The molecule has 1 atom stereocenters. The van der Waals surface area contributed by atoms with Crippen molar-refractivity contribution in [1.82, 2.24) is 0 Å². The van der Waals surface area contributed by atoms with Crippen molar-refractivity contribution in [1.29, 1.82) is 0 Å². The van der Waals surface area contributed by atoms with Gasteiger partial charge in [-0.1, -0.05) is 42.5 Å². The summed E-state index contributed by atoms with van der Waals surface area (Å²) < 4.78 is 5.57. The Labute approximate surface area is 131 Å². The maximum absolute atomic E-state index is 11.3. The van der Waals surface area contributed by atoms with Crippen molar-refractivity contribution in [3.8, 4) is 5.75 Å². The minimum atomic E-state index is -1.15. The zero-order chi connectivity index (χ0) is 15.5. The number of aliphatic hydroxyl groups is 1. The number of alkyl halides is 1. The highest BCUT2D eigenvalue weighted by atomic mass is 35.5. The maximum atomic E-state index is 11.3. The lowest BCUT2D eigenvalue weighted by Crippen LogP contribution is -2.29. The van der Waals surface area contributed by atoms with Gasteiger partial charge in [-0.15, -0.1) is 11.6 Å². The summed E-state index contributed by atoms with van der Waals surface area (Å²) in [7, 11) is 1.64. The predicted molar refractivity (Wildman–Crippen MR) is 87.2 cm³/mol. The Balaban J connectivity index is 2.66. The second kappa shape index (κ2) is 6.50. The quantitative estimate of drug-likeness (QED) is 0.840. The fourth-order valence-electron chi connectivity index (χ4n) is 2.66. The Morgan fingerprint density at radius 3 is 2.33 bits per heavy atom. The summed E-state index contributed by atoms with van der Waals surface area (Å²) in [5, 5.41) is 11.3. The third-order valence-corrected chi connectivity index (χ3v) is 4.22. The van der Waals surface area contributed by atoms with Crippen LogP contribution < -0.4 is 4.74 Å². The number of aryl methyl sites for hydroxylation is 1. The molecule has 0 heterocycles. The van der Waals surface area contributed by atoms with Crippen molar-refractivity contribution in [2.45, 2.75) is 25.9 Å². The van der Waals surface area contributed by atoms with E-state index in [9.17, 15) is 5.11 Å². The van der Waals surface area contributed by atoms with E-state index in [1.165, 1.54) is 0 Å². The lowest BCUT2D eigenvalue weighted by molar-refractivity contribution is 0.0745. The summed E-state index contributed by atoms with van der Waals surface area (Å²) in [6.45, 7) is 4.04. The van der Waals surface area contributed by atoms with Crippen LogP contribution >= 0.6 is 11.6 Å². The van der Waals surface area contributed by atoms with E-state index in [4.69, 9.17) is 16.3 Å². The summed E-state index contributed by atoms with van der Waals surface area (Å²) in [4.78, 5) is 0. The summed E-state index contributed by atoms with van der Waals surface area (Å²) >= 11 is 5.95. The van der Waals surface area contributed by atoms with Crippen LogP contribution in [0.5, 0.6) is 5.75 Å². The van der Waals surface area contributed by atoms with Gasteiger partial charge in [-0.25, -0.2) is 0 Å². The van der Waals surface area contributed by atoms with Gasteiger partial charge >= 0.3 is 0 Å². The highest BCUT2D eigenvalue weighted by molar-refractivity contribution is 6.17. The molecule has 2 aromatic rings. The highest BCUT2D eigenvalue weighted by Crippen LogP contribution is 2.40. The SMILES string of the molecule is COc1c(C(O)(CCCl)c2ccccc2)ccc(C)c1C. The maximum Gasteiger partial charge on any atom is 0.128 e. The normalized spacial score (nSPS) is 13.8. The van der Waals surface area contributed by atoms with Gasteiger partial charge in [0.25, 0.3) is 0 Å². The van der Waals surface area contributed by atoms with Gasteiger partial charge in [-0.2, -0.15) is 0 Å². The predicted octanol–water partition coefficient (Wildman–Crippen LogP) is 4.18. The molecule has 0 aliphatic rings. The number of ether oxygens (including phenoxy) is 1. The molecule has 1 N–H and O–H groups in total. The number of benzene rings is 2. The zero-order valence-corrected chi connectivity index (χ0v) is 13.4. The second-order valence-electron chi connectivity index (χ2n) is 5.25. The molecule has 112 valence electrons. The monoisotopic (exact) mass is 304 g/mol. The molecule has 2 rings (SSSR count). The lowest BCUT2D eigenvalue weighted by atomic mass is 9.82. The molecule has 2 nitrogen and oxygen atoms in total. The Morgan fingerprint density at radius 1 is 1.10 bits per heavy atom. The van der Waals surface area contributed by atoms with Crippen molar-refractivity contribution < 1.29 is 9.84 Å². The zero-order valence-electron chi connectivity index (χ0n) is 12.7. The van der Waals surface area contributed by atoms with E-state index >= 15 is 0 Å². The molecule has 0 saturated carbocycles. The van der Waals surface area contributed by atoms with Crippen molar-refractivity contribution >= 4 is 11.6 Å². The number of halogens is 1. The van der Waals surface area contributed by atoms with Gasteiger partial charge in [0.15, 0.2) is 0 Å². The van der Waals surface area contributed by atoms with Gasteiger partial charge in [0.2, 0.25) is 0 Å². The molecule has 0 aliphatic carbocycles. The Bertz CT molecular complexity index is 610. The summed E-state index contributed by atoms with van der Waals surface area (Å²) in [5.74, 6) is 1.09. The molecule has 0 bridgehead atoms. The molecule has 0 spiro atoms. The van der Waals surface area contributed by atoms with Crippen LogP contribution in [-0.2, 0) is 5.60 Å². The molecular weight excluding hydrogens is 284 g/mol. The largest absolute Gasteiger partial charge is 0.496 e. The number of hydrogen-bond acceptors (Lipinski definition) is 2. The number of rotatable bonds is 5. The fraction of sp³-hybridized carbons (Fsp3) is 0.333. The van der Waals surface area contributed by atoms with Crippen LogP contribution in [0.2, 0.25) is 0 Å². The average molecular weight is 305 g/mol. The third kappa shape index (κ3) is 2.92. The van der Waals surface area contributed by atoms with Crippen LogP contribution in [0.15, 0.2) is 42.5 Å². The van der Waals surface area contributed by atoms with Crippen LogP contribution in [0.3, 0.4) is 0 Å². The van der Waals surface area contributed by atoms with Gasteiger partial charge in [0.1, 0.15) is 11.4 Å². The first-order valence-electron chi connectivity index (χ1n) is 7.03. The fourth-order valence-corrected chi connectivity index (χ4v) is 2.94. The minimum Gasteiger partial charge on any atom is -0.496 e. The van der Waals surface area contributed by atoms with E-state index in [2.05, 4.69) is 0 Å². The molecule has 0 fully saturated rings. The summed E-state index contributed by atoms with van der Waals surface area (Å²) in [6.07, 6.45) is 0.428. The Kier molecular flexibility index (Phi) is 4.92. The summed E-state index contributed by atoms with van der Waals surface area (Å²) in [6, 6.07) is 13.5.